The molecule has 78 valence electrons. The minimum atomic E-state index is -0.403. The van der Waals surface area contributed by atoms with Gasteiger partial charge in [-0.2, -0.15) is 5.10 Å². The van der Waals surface area contributed by atoms with Crippen LogP contribution in [0.25, 0.3) is 0 Å². The number of rotatable bonds is 4. The van der Waals surface area contributed by atoms with E-state index < -0.39 is 5.97 Å². The van der Waals surface area contributed by atoms with Crippen LogP contribution in [0.15, 0.2) is 0 Å². The molecule has 14 heavy (non-hydrogen) atoms. The molecular formula is C7H11N3O3S. The highest BCUT2D eigenvalue weighted by Crippen LogP contribution is 1.98. The lowest BCUT2D eigenvalue weighted by Crippen LogP contribution is -2.15. The molecular weight excluding hydrogens is 206 g/mol. The van der Waals surface area contributed by atoms with E-state index in [2.05, 4.69) is 10.2 Å². The van der Waals surface area contributed by atoms with Crippen molar-refractivity contribution in [3.8, 4) is 0 Å². The lowest BCUT2D eigenvalue weighted by atomic mass is 10.5. The molecule has 0 unspecified atom stereocenters. The summed E-state index contributed by atoms with van der Waals surface area (Å²) < 4.78 is 6.43. The molecule has 0 aliphatic rings. The van der Waals surface area contributed by atoms with Crippen LogP contribution in [0, 0.1) is 4.77 Å². The van der Waals surface area contributed by atoms with E-state index in [1.807, 2.05) is 0 Å². The van der Waals surface area contributed by atoms with Crippen LogP contribution in [-0.2, 0) is 22.7 Å². The average molecular weight is 217 g/mol. The maximum absolute atomic E-state index is 11.1. The number of aliphatic hydroxyl groups is 1. The highest BCUT2D eigenvalue weighted by Gasteiger charge is 2.09. The van der Waals surface area contributed by atoms with Crippen LogP contribution in [-0.4, -0.2) is 32.4 Å². The second-order valence-corrected chi connectivity index (χ2v) is 2.88. The molecule has 0 saturated heterocycles. The second kappa shape index (κ2) is 4.87. The van der Waals surface area contributed by atoms with Crippen molar-refractivity contribution in [1.29, 1.82) is 0 Å². The van der Waals surface area contributed by atoms with Crippen molar-refractivity contribution in [2.24, 2.45) is 0 Å². The monoisotopic (exact) mass is 217 g/mol. The predicted molar refractivity (Wildman–Crippen MR) is 50.0 cm³/mol. The summed E-state index contributed by atoms with van der Waals surface area (Å²) in [5.41, 5.74) is 0. The normalized spacial score (nSPS) is 10.1. The zero-order valence-electron chi connectivity index (χ0n) is 7.69. The number of carbonyl (C=O) groups excluding carboxylic acids is 1. The van der Waals surface area contributed by atoms with Crippen molar-refractivity contribution in [3.63, 3.8) is 0 Å². The van der Waals surface area contributed by atoms with Crippen molar-refractivity contribution in [1.82, 2.24) is 14.8 Å². The van der Waals surface area contributed by atoms with Crippen LogP contribution in [0.2, 0.25) is 0 Å². The Morgan fingerprint density at radius 3 is 3.07 bits per heavy atom. The van der Waals surface area contributed by atoms with Gasteiger partial charge in [-0.15, -0.1) is 0 Å². The first-order valence-corrected chi connectivity index (χ1v) is 4.50. The first-order valence-electron chi connectivity index (χ1n) is 4.09. The molecule has 0 radical (unpaired) electrons. The number of hydrogen-bond donors (Lipinski definition) is 2. The maximum atomic E-state index is 11.1. The van der Waals surface area contributed by atoms with Gasteiger partial charge >= 0.3 is 5.97 Å². The molecule has 0 amide bonds. The first kappa shape index (κ1) is 10.9. The molecule has 2 N–H and O–H groups in total. The Balaban J connectivity index is 2.79. The van der Waals surface area contributed by atoms with Gasteiger partial charge < -0.3 is 9.84 Å². The Hall–Kier alpha value is -1.21. The summed E-state index contributed by atoms with van der Waals surface area (Å²) >= 11 is 4.87. The van der Waals surface area contributed by atoms with E-state index in [4.69, 9.17) is 22.1 Å². The summed E-state index contributed by atoms with van der Waals surface area (Å²) in [6, 6.07) is 0. The summed E-state index contributed by atoms with van der Waals surface area (Å²) in [5, 5.41) is 15.1. The van der Waals surface area contributed by atoms with Gasteiger partial charge in [-0.25, -0.2) is 0 Å². The predicted octanol–water partition coefficient (Wildman–Crippen LogP) is -0.00391. The molecule has 0 fully saturated rings. The third-order valence-electron chi connectivity index (χ3n) is 1.57. The van der Waals surface area contributed by atoms with E-state index >= 15 is 0 Å². The fraction of sp³-hybridized carbons (Fsp3) is 0.571. The van der Waals surface area contributed by atoms with E-state index in [-0.39, 0.29) is 13.2 Å². The zero-order valence-corrected chi connectivity index (χ0v) is 8.50. The standard InChI is InChI=1S/C7H11N3O3S/c1-2-13-6(12)3-10-5(4-11)8-9-7(10)14/h11H,2-4H2,1H3,(H,9,14). The van der Waals surface area contributed by atoms with E-state index in [1.165, 1.54) is 4.57 Å². The van der Waals surface area contributed by atoms with Crippen LogP contribution < -0.4 is 0 Å². The van der Waals surface area contributed by atoms with Crippen molar-refractivity contribution >= 4 is 18.2 Å². The zero-order chi connectivity index (χ0) is 10.6. The van der Waals surface area contributed by atoms with E-state index in [0.717, 1.165) is 0 Å². The number of aromatic nitrogens is 3. The first-order chi connectivity index (χ1) is 6.69. The number of nitrogens with one attached hydrogen (secondary N) is 1. The quantitative estimate of drug-likeness (QED) is 0.548. The van der Waals surface area contributed by atoms with Gasteiger partial charge in [0.05, 0.1) is 6.61 Å². The van der Waals surface area contributed by atoms with Crippen LogP contribution in [0.3, 0.4) is 0 Å². The Kier molecular flexibility index (Phi) is 3.78. The molecule has 0 saturated carbocycles. The molecule has 0 aromatic carbocycles. The Bertz CT molecular complexity index is 371. The molecule has 0 aliphatic heterocycles. The van der Waals surface area contributed by atoms with Crippen molar-refractivity contribution in [2.45, 2.75) is 20.1 Å². The topological polar surface area (TPSA) is 80.1 Å². The van der Waals surface area contributed by atoms with Gasteiger partial charge in [0, 0.05) is 0 Å². The molecule has 7 heteroatoms. The van der Waals surface area contributed by atoms with Crippen LogP contribution in [0.1, 0.15) is 12.7 Å². The number of hydrogen-bond acceptors (Lipinski definition) is 5. The molecule has 1 aromatic rings. The molecule has 1 aromatic heterocycles. The third kappa shape index (κ3) is 2.39. The van der Waals surface area contributed by atoms with E-state index in [9.17, 15) is 4.79 Å². The molecule has 0 spiro atoms. The van der Waals surface area contributed by atoms with Gasteiger partial charge in [-0.05, 0) is 19.1 Å². The summed E-state index contributed by atoms with van der Waals surface area (Å²) in [6.45, 7) is 1.74. The molecule has 0 atom stereocenters. The number of carbonyl (C=O) groups is 1. The highest BCUT2D eigenvalue weighted by molar-refractivity contribution is 7.71. The minimum absolute atomic E-state index is 0.0287. The lowest BCUT2D eigenvalue weighted by molar-refractivity contribution is -0.143. The van der Waals surface area contributed by atoms with Gasteiger partial charge in [0.2, 0.25) is 0 Å². The SMILES string of the molecule is CCOC(=O)Cn1c(CO)n[nH]c1=S. The van der Waals surface area contributed by atoms with E-state index in [0.29, 0.717) is 17.2 Å². The van der Waals surface area contributed by atoms with Crippen molar-refractivity contribution < 1.29 is 14.6 Å². The average Bonchev–Trinajstić information content (AvgIpc) is 2.48. The molecule has 0 bridgehead atoms. The van der Waals surface area contributed by atoms with Gasteiger partial charge in [0.15, 0.2) is 10.6 Å². The third-order valence-corrected chi connectivity index (χ3v) is 1.88. The maximum Gasteiger partial charge on any atom is 0.326 e. The summed E-state index contributed by atoms with van der Waals surface area (Å²) in [5.74, 6) is -0.0808. The molecule has 0 aliphatic carbocycles. The molecule has 1 heterocycles. The van der Waals surface area contributed by atoms with Crippen molar-refractivity contribution in [3.05, 3.63) is 10.6 Å². The number of aliphatic hydroxyl groups excluding tert-OH is 1. The number of H-pyrrole nitrogens is 1. The van der Waals surface area contributed by atoms with E-state index in [1.54, 1.807) is 6.92 Å². The number of esters is 1. The largest absolute Gasteiger partial charge is 0.465 e. The fourth-order valence-corrected chi connectivity index (χ4v) is 1.19. The lowest BCUT2D eigenvalue weighted by Gasteiger charge is -2.03. The summed E-state index contributed by atoms with van der Waals surface area (Å²) in [6.07, 6.45) is 0. The van der Waals surface area contributed by atoms with Gasteiger partial charge in [0.25, 0.3) is 0 Å². The Labute approximate surface area is 85.5 Å². The summed E-state index contributed by atoms with van der Waals surface area (Å²) in [4.78, 5) is 11.1. The Morgan fingerprint density at radius 1 is 1.79 bits per heavy atom. The number of aromatic amines is 1. The van der Waals surface area contributed by atoms with Crippen LogP contribution in [0.4, 0.5) is 0 Å². The Morgan fingerprint density at radius 2 is 2.50 bits per heavy atom. The van der Waals surface area contributed by atoms with Crippen LogP contribution in [0.5, 0.6) is 0 Å². The van der Waals surface area contributed by atoms with Crippen molar-refractivity contribution in [2.75, 3.05) is 6.61 Å². The fourth-order valence-electron chi connectivity index (χ4n) is 0.970. The van der Waals surface area contributed by atoms with Gasteiger partial charge in [-0.3, -0.25) is 14.5 Å². The smallest absolute Gasteiger partial charge is 0.326 e. The highest BCUT2D eigenvalue weighted by atomic mass is 32.1. The van der Waals surface area contributed by atoms with Gasteiger partial charge in [0.1, 0.15) is 13.2 Å². The number of nitrogens with zero attached hydrogens (tertiary/aromatic N) is 2. The van der Waals surface area contributed by atoms with Crippen LogP contribution >= 0.6 is 12.2 Å². The summed E-state index contributed by atoms with van der Waals surface area (Å²) in [7, 11) is 0. The molecule has 6 nitrogen and oxygen atoms in total. The minimum Gasteiger partial charge on any atom is -0.465 e. The second-order valence-electron chi connectivity index (χ2n) is 2.49. The molecule has 1 rings (SSSR count). The van der Waals surface area contributed by atoms with Gasteiger partial charge in [-0.1, -0.05) is 0 Å². The number of ether oxygens (including phenoxy) is 1.